The van der Waals surface area contributed by atoms with Crippen LogP contribution in [0.5, 0.6) is 0 Å². The van der Waals surface area contributed by atoms with Gasteiger partial charge in [0, 0.05) is 59.3 Å². The molecular formula is C23H17Cl2N7O2S2. The van der Waals surface area contributed by atoms with Gasteiger partial charge in [-0.2, -0.15) is 9.78 Å². The molecule has 5 aromatic heterocycles. The number of thiazole rings is 1. The van der Waals surface area contributed by atoms with E-state index >= 15 is 0 Å². The van der Waals surface area contributed by atoms with Gasteiger partial charge in [0.25, 0.3) is 5.56 Å². The molecule has 0 saturated heterocycles. The van der Waals surface area contributed by atoms with Crippen molar-refractivity contribution >= 4 is 57.6 Å². The molecule has 0 aliphatic heterocycles. The van der Waals surface area contributed by atoms with Crippen molar-refractivity contribution in [3.05, 3.63) is 95.9 Å². The monoisotopic (exact) mass is 557 g/mol. The van der Waals surface area contributed by atoms with Gasteiger partial charge >= 0.3 is 5.91 Å². The quantitative estimate of drug-likeness (QED) is 0.290. The molecule has 0 bridgehead atoms. The fourth-order valence-corrected chi connectivity index (χ4v) is 5.32. The number of aromatic nitrogens is 6. The third-order valence-corrected chi connectivity index (χ3v) is 7.49. The number of hydrogen-bond acceptors (Lipinski definition) is 9. The topological polar surface area (TPSA) is 108 Å². The van der Waals surface area contributed by atoms with Crippen LogP contribution in [0.1, 0.15) is 20.2 Å². The lowest BCUT2D eigenvalue weighted by Crippen LogP contribution is -2.20. The number of anilines is 1. The maximum absolute atomic E-state index is 13.1. The van der Waals surface area contributed by atoms with Crippen LogP contribution in [0.15, 0.2) is 65.6 Å². The number of halogens is 2. The maximum Gasteiger partial charge on any atom is 0.309 e. The van der Waals surface area contributed by atoms with Gasteiger partial charge in [-0.1, -0.05) is 23.2 Å². The summed E-state index contributed by atoms with van der Waals surface area (Å²) in [5, 5.41) is 10.1. The minimum atomic E-state index is -0.391. The van der Waals surface area contributed by atoms with E-state index in [9.17, 15) is 9.59 Å². The lowest BCUT2D eigenvalue weighted by atomic mass is 10.2. The zero-order valence-corrected chi connectivity index (χ0v) is 21.6. The largest absolute Gasteiger partial charge is 0.365 e. The summed E-state index contributed by atoms with van der Waals surface area (Å²) in [4.78, 5) is 39.0. The van der Waals surface area contributed by atoms with Gasteiger partial charge in [-0.05, 0) is 24.1 Å². The maximum atomic E-state index is 13.1. The minimum absolute atomic E-state index is 0.241. The van der Waals surface area contributed by atoms with Gasteiger partial charge in [0.05, 0.1) is 21.6 Å². The van der Waals surface area contributed by atoms with Gasteiger partial charge in [-0.25, -0.2) is 15.0 Å². The number of rotatable bonds is 8. The molecule has 0 spiro atoms. The van der Waals surface area contributed by atoms with E-state index in [1.54, 1.807) is 36.2 Å². The molecule has 0 aliphatic carbocycles. The van der Waals surface area contributed by atoms with E-state index < -0.39 is 5.91 Å². The van der Waals surface area contributed by atoms with Crippen molar-refractivity contribution in [1.82, 2.24) is 29.3 Å². The number of nitrogens with one attached hydrogen (secondary N) is 1. The Bertz CT molecular complexity index is 1560. The van der Waals surface area contributed by atoms with Crippen molar-refractivity contribution in [1.29, 1.82) is 0 Å². The lowest BCUT2D eigenvalue weighted by Gasteiger charge is -2.08. The third kappa shape index (κ3) is 5.39. The molecule has 5 aromatic rings. The van der Waals surface area contributed by atoms with E-state index in [2.05, 4.69) is 25.4 Å². The zero-order valence-electron chi connectivity index (χ0n) is 18.5. The van der Waals surface area contributed by atoms with Crippen LogP contribution in [0.25, 0.3) is 11.3 Å². The summed E-state index contributed by atoms with van der Waals surface area (Å²) >= 11 is 15.3. The van der Waals surface area contributed by atoms with E-state index in [1.807, 2.05) is 12.1 Å². The van der Waals surface area contributed by atoms with Gasteiger partial charge in [0.15, 0.2) is 5.01 Å². The first-order chi connectivity index (χ1) is 17.5. The van der Waals surface area contributed by atoms with E-state index in [-0.39, 0.29) is 5.56 Å². The Balaban J connectivity index is 1.45. The first-order valence-electron chi connectivity index (χ1n) is 10.6. The fraction of sp³-hybridized carbons (Fsp3) is 0.130. The Labute approximate surface area is 223 Å². The van der Waals surface area contributed by atoms with Crippen LogP contribution in [0, 0.1) is 0 Å². The molecular weight excluding hydrogens is 541 g/mol. The highest BCUT2D eigenvalue weighted by atomic mass is 35.5. The molecule has 0 radical (unpaired) electrons. The van der Waals surface area contributed by atoms with Gasteiger partial charge < -0.3 is 9.88 Å². The highest BCUT2D eigenvalue weighted by Crippen LogP contribution is 2.29. The molecule has 9 nitrogen and oxygen atoms in total. The predicted molar refractivity (Wildman–Crippen MR) is 141 cm³/mol. The highest BCUT2D eigenvalue weighted by molar-refractivity contribution is 7.16. The average molecular weight is 558 g/mol. The second kappa shape index (κ2) is 10.7. The third-order valence-electron chi connectivity index (χ3n) is 5.20. The summed E-state index contributed by atoms with van der Waals surface area (Å²) in [6.07, 6.45) is 8.58. The predicted octanol–water partition coefficient (Wildman–Crippen LogP) is 4.87. The summed E-state index contributed by atoms with van der Waals surface area (Å²) < 4.78 is 3.43. The van der Waals surface area contributed by atoms with Crippen LogP contribution in [0.4, 0.5) is 5.82 Å². The molecule has 0 atom stereocenters. The number of nitrogens with zero attached hydrogens (tertiary/aromatic N) is 6. The van der Waals surface area contributed by atoms with Gasteiger partial charge in [-0.3, -0.25) is 9.59 Å². The van der Waals surface area contributed by atoms with Crippen LogP contribution < -0.4 is 10.9 Å². The Morgan fingerprint density at radius 2 is 1.97 bits per heavy atom. The number of hydrogen-bond donors (Lipinski definition) is 1. The van der Waals surface area contributed by atoms with Crippen molar-refractivity contribution in [3.63, 3.8) is 0 Å². The molecule has 1 N–H and O–H groups in total. The fourth-order valence-electron chi connectivity index (χ4n) is 3.46. The van der Waals surface area contributed by atoms with Crippen LogP contribution in [0.2, 0.25) is 9.36 Å². The number of thiophene rings is 1. The standard InChI is InChI=1S/C23H17Cl2N7O2S2/c24-17-12-31(5-3-14-9-26-13-27-10-14)21(33)7-16(17)18-8-20(29-11-15-1-2-19(25)36-15)32(30-18)23(34)22-28-4-6-35-22/h1-2,4,6-10,12-13,29H,3,5,11H2. The zero-order chi connectivity index (χ0) is 25.1. The summed E-state index contributed by atoms with van der Waals surface area (Å²) in [5.74, 6) is 0.0524. The minimum Gasteiger partial charge on any atom is -0.365 e. The summed E-state index contributed by atoms with van der Waals surface area (Å²) in [6, 6.07) is 6.83. The van der Waals surface area contributed by atoms with Crippen LogP contribution >= 0.6 is 45.9 Å². The molecule has 0 unspecified atom stereocenters. The Morgan fingerprint density at radius 1 is 1.14 bits per heavy atom. The molecule has 5 rings (SSSR count). The van der Waals surface area contributed by atoms with E-state index in [0.29, 0.717) is 51.0 Å². The molecule has 36 heavy (non-hydrogen) atoms. The van der Waals surface area contributed by atoms with Crippen molar-refractivity contribution in [3.8, 4) is 11.3 Å². The van der Waals surface area contributed by atoms with Crippen LogP contribution in [-0.2, 0) is 19.5 Å². The lowest BCUT2D eigenvalue weighted by molar-refractivity contribution is 0.0947. The number of carbonyl (C=O) groups is 1. The van der Waals surface area contributed by atoms with Crippen LogP contribution in [-0.4, -0.2) is 35.2 Å². The first kappa shape index (κ1) is 24.3. The number of carbonyl (C=O) groups excluding carboxylic acids is 1. The molecule has 5 heterocycles. The smallest absolute Gasteiger partial charge is 0.309 e. The highest BCUT2D eigenvalue weighted by Gasteiger charge is 2.21. The van der Waals surface area contributed by atoms with Crippen molar-refractivity contribution in [2.45, 2.75) is 19.5 Å². The summed E-state index contributed by atoms with van der Waals surface area (Å²) in [7, 11) is 0. The normalized spacial score (nSPS) is 11.1. The van der Waals surface area contributed by atoms with Gasteiger partial charge in [0.2, 0.25) is 0 Å². The molecule has 0 amide bonds. The van der Waals surface area contributed by atoms with Crippen LogP contribution in [0.3, 0.4) is 0 Å². The first-order valence-corrected chi connectivity index (χ1v) is 13.1. The molecule has 13 heteroatoms. The van der Waals surface area contributed by atoms with Crippen molar-refractivity contribution < 1.29 is 4.79 Å². The summed E-state index contributed by atoms with van der Waals surface area (Å²) in [6.45, 7) is 0.853. The van der Waals surface area contributed by atoms with Gasteiger partial charge in [-0.15, -0.1) is 22.7 Å². The molecule has 0 aromatic carbocycles. The molecule has 0 saturated carbocycles. The van der Waals surface area contributed by atoms with Gasteiger partial charge in [0.1, 0.15) is 12.1 Å². The average Bonchev–Trinajstić information content (AvgIpc) is 3.64. The second-order valence-electron chi connectivity index (χ2n) is 7.59. The van der Waals surface area contributed by atoms with E-state index in [1.165, 1.54) is 44.3 Å². The molecule has 182 valence electrons. The van der Waals surface area contributed by atoms with E-state index in [4.69, 9.17) is 23.2 Å². The SMILES string of the molecule is O=C(c1nccs1)n1nc(-c2cc(=O)n(CCc3cncnc3)cc2Cl)cc1NCc1ccc(Cl)s1. The number of pyridine rings is 1. The van der Waals surface area contributed by atoms with Crippen molar-refractivity contribution in [2.75, 3.05) is 5.32 Å². The second-order valence-corrected chi connectivity index (χ2v) is 10.7. The van der Waals surface area contributed by atoms with Crippen molar-refractivity contribution in [2.24, 2.45) is 0 Å². The number of aryl methyl sites for hydroxylation is 2. The molecule has 0 fully saturated rings. The Kier molecular flexibility index (Phi) is 7.23. The Morgan fingerprint density at radius 3 is 2.69 bits per heavy atom. The van der Waals surface area contributed by atoms with E-state index in [0.717, 1.165) is 10.4 Å². The molecule has 0 aliphatic rings. The summed E-state index contributed by atoms with van der Waals surface area (Å²) in [5.41, 5.74) is 1.48. The Hall–Kier alpha value is -3.38.